The summed E-state index contributed by atoms with van der Waals surface area (Å²) in [5.41, 5.74) is 1.26. The average molecular weight is 284 g/mol. The summed E-state index contributed by atoms with van der Waals surface area (Å²) in [6, 6.07) is 3.43. The Hall–Kier alpha value is -1.42. The number of halogens is 1. The van der Waals surface area contributed by atoms with Gasteiger partial charge < -0.3 is 14.4 Å². The molecule has 1 aromatic rings. The van der Waals surface area contributed by atoms with E-state index < -0.39 is 5.97 Å². The van der Waals surface area contributed by atoms with Crippen LogP contribution in [0.4, 0.5) is 5.69 Å². The molecule has 1 aliphatic rings. The van der Waals surface area contributed by atoms with Crippen LogP contribution in [0, 0.1) is 5.92 Å². The monoisotopic (exact) mass is 283 g/mol. The van der Waals surface area contributed by atoms with Gasteiger partial charge in [0, 0.05) is 11.6 Å². The summed E-state index contributed by atoms with van der Waals surface area (Å²) in [5.74, 6) is 0.666. The second kappa shape index (κ2) is 5.70. The molecule has 1 heterocycles. The van der Waals surface area contributed by atoms with Crippen LogP contribution in [0.15, 0.2) is 12.1 Å². The van der Waals surface area contributed by atoms with Crippen molar-refractivity contribution in [3.8, 4) is 5.75 Å². The molecule has 2 rings (SSSR count). The van der Waals surface area contributed by atoms with Gasteiger partial charge in [-0.3, -0.25) is 0 Å². The fourth-order valence-electron chi connectivity index (χ4n) is 2.24. The number of methoxy groups -OCH3 is 1. The Kier molecular flexibility index (Phi) is 4.20. The Balaban J connectivity index is 2.46. The molecule has 0 amide bonds. The van der Waals surface area contributed by atoms with Gasteiger partial charge in [-0.2, -0.15) is 0 Å². The van der Waals surface area contributed by atoms with E-state index in [2.05, 4.69) is 18.7 Å². The highest BCUT2D eigenvalue weighted by Gasteiger charge is 2.25. The number of rotatable bonds is 3. The molecule has 0 saturated carbocycles. The molecule has 0 saturated heterocycles. The van der Waals surface area contributed by atoms with Gasteiger partial charge in [0.15, 0.2) is 5.75 Å². The first kappa shape index (κ1) is 14.0. The highest BCUT2D eigenvalue weighted by molar-refractivity contribution is 6.31. The van der Waals surface area contributed by atoms with Gasteiger partial charge in [-0.15, -0.1) is 0 Å². The van der Waals surface area contributed by atoms with E-state index in [1.54, 1.807) is 6.07 Å². The van der Waals surface area contributed by atoms with E-state index in [4.69, 9.17) is 21.1 Å². The number of benzene rings is 1. The third kappa shape index (κ3) is 2.95. The maximum atomic E-state index is 11.8. The molecule has 19 heavy (non-hydrogen) atoms. The maximum absolute atomic E-state index is 11.8. The Labute approximate surface area is 118 Å². The second-order valence-electron chi connectivity index (χ2n) is 4.98. The minimum Gasteiger partial charge on any atom is -0.489 e. The summed E-state index contributed by atoms with van der Waals surface area (Å²) in [6.45, 7) is 6.57. The number of esters is 1. The van der Waals surface area contributed by atoms with Crippen LogP contribution in [0.5, 0.6) is 5.75 Å². The summed E-state index contributed by atoms with van der Waals surface area (Å²) in [7, 11) is 1.35. The van der Waals surface area contributed by atoms with Crippen LogP contribution in [-0.2, 0) is 4.74 Å². The largest absolute Gasteiger partial charge is 0.489 e. The number of fused-ring (bicyclic) bond motifs is 1. The normalized spacial score (nSPS) is 14.1. The fourth-order valence-corrected chi connectivity index (χ4v) is 2.45. The smallest absolute Gasteiger partial charge is 0.341 e. The van der Waals surface area contributed by atoms with Crippen molar-refractivity contribution in [2.75, 3.05) is 31.7 Å². The van der Waals surface area contributed by atoms with Crippen molar-refractivity contribution in [2.24, 2.45) is 5.92 Å². The van der Waals surface area contributed by atoms with Gasteiger partial charge in [-0.1, -0.05) is 25.4 Å². The molecule has 1 aromatic carbocycles. The molecular weight excluding hydrogens is 266 g/mol. The third-order valence-corrected chi connectivity index (χ3v) is 3.19. The number of ether oxygens (including phenoxy) is 2. The summed E-state index contributed by atoms with van der Waals surface area (Å²) in [4.78, 5) is 14.0. The molecule has 104 valence electrons. The molecule has 0 aromatic heterocycles. The van der Waals surface area contributed by atoms with Crippen molar-refractivity contribution >= 4 is 23.3 Å². The van der Waals surface area contributed by atoms with Gasteiger partial charge in [0.05, 0.1) is 19.3 Å². The van der Waals surface area contributed by atoms with E-state index >= 15 is 0 Å². The lowest BCUT2D eigenvalue weighted by molar-refractivity contribution is 0.0595. The number of carbonyl (C=O) groups is 1. The van der Waals surface area contributed by atoms with Gasteiger partial charge in [0.2, 0.25) is 0 Å². The van der Waals surface area contributed by atoms with Gasteiger partial charge in [-0.25, -0.2) is 4.79 Å². The Morgan fingerprint density at radius 1 is 1.53 bits per heavy atom. The first-order valence-electron chi connectivity index (χ1n) is 6.32. The zero-order chi connectivity index (χ0) is 14.0. The SMILES string of the molecule is COC(=O)c1cc(Cl)cc2c1OCCN2CC(C)C. The number of nitrogens with zero attached hydrogens (tertiary/aromatic N) is 1. The van der Waals surface area contributed by atoms with Crippen LogP contribution in [0.25, 0.3) is 0 Å². The Morgan fingerprint density at radius 3 is 2.89 bits per heavy atom. The molecule has 0 spiro atoms. The fraction of sp³-hybridized carbons (Fsp3) is 0.500. The van der Waals surface area contributed by atoms with E-state index in [9.17, 15) is 4.79 Å². The summed E-state index contributed by atoms with van der Waals surface area (Å²) in [6.07, 6.45) is 0. The molecule has 0 radical (unpaired) electrons. The summed E-state index contributed by atoms with van der Waals surface area (Å²) >= 11 is 6.09. The van der Waals surface area contributed by atoms with Crippen LogP contribution < -0.4 is 9.64 Å². The molecule has 0 aliphatic carbocycles. The third-order valence-electron chi connectivity index (χ3n) is 2.97. The van der Waals surface area contributed by atoms with Gasteiger partial charge in [0.1, 0.15) is 12.2 Å². The van der Waals surface area contributed by atoms with E-state index in [0.717, 1.165) is 18.8 Å². The van der Waals surface area contributed by atoms with Crippen molar-refractivity contribution in [2.45, 2.75) is 13.8 Å². The van der Waals surface area contributed by atoms with Crippen molar-refractivity contribution in [3.05, 3.63) is 22.7 Å². The first-order valence-corrected chi connectivity index (χ1v) is 6.70. The lowest BCUT2D eigenvalue weighted by Crippen LogP contribution is -2.36. The van der Waals surface area contributed by atoms with Gasteiger partial charge in [-0.05, 0) is 18.1 Å². The molecule has 1 aliphatic heterocycles. The lowest BCUT2D eigenvalue weighted by Gasteiger charge is -2.33. The average Bonchev–Trinajstić information content (AvgIpc) is 2.37. The van der Waals surface area contributed by atoms with Crippen molar-refractivity contribution in [3.63, 3.8) is 0 Å². The number of carbonyl (C=O) groups excluding carboxylic acids is 1. The van der Waals surface area contributed by atoms with Crippen molar-refractivity contribution in [1.82, 2.24) is 0 Å². The quantitative estimate of drug-likeness (QED) is 0.800. The molecule has 0 fully saturated rings. The Morgan fingerprint density at radius 2 is 2.26 bits per heavy atom. The van der Waals surface area contributed by atoms with Crippen molar-refractivity contribution < 1.29 is 14.3 Å². The van der Waals surface area contributed by atoms with Crippen LogP contribution in [0.2, 0.25) is 5.02 Å². The van der Waals surface area contributed by atoms with E-state index in [0.29, 0.717) is 28.9 Å². The van der Waals surface area contributed by atoms with Crippen LogP contribution in [-0.4, -0.2) is 32.8 Å². The number of hydrogen-bond acceptors (Lipinski definition) is 4. The first-order chi connectivity index (χ1) is 9.02. The van der Waals surface area contributed by atoms with Gasteiger partial charge in [0.25, 0.3) is 0 Å². The van der Waals surface area contributed by atoms with Crippen LogP contribution >= 0.6 is 11.6 Å². The highest BCUT2D eigenvalue weighted by Crippen LogP contribution is 2.38. The minimum absolute atomic E-state index is 0.387. The summed E-state index contributed by atoms with van der Waals surface area (Å²) in [5, 5.41) is 0.512. The van der Waals surface area contributed by atoms with Crippen molar-refractivity contribution in [1.29, 1.82) is 0 Å². The zero-order valence-electron chi connectivity index (χ0n) is 11.4. The Bertz CT molecular complexity index is 488. The molecule has 4 nitrogen and oxygen atoms in total. The molecule has 0 unspecified atom stereocenters. The standard InChI is InChI=1S/C14H18ClNO3/c1-9(2)8-16-4-5-19-13-11(14(17)18-3)6-10(15)7-12(13)16/h6-7,9H,4-5,8H2,1-3H3. The maximum Gasteiger partial charge on any atom is 0.341 e. The molecule has 0 atom stereocenters. The second-order valence-corrected chi connectivity index (χ2v) is 5.42. The minimum atomic E-state index is -0.426. The number of hydrogen-bond donors (Lipinski definition) is 0. The summed E-state index contributed by atoms with van der Waals surface area (Å²) < 4.78 is 10.4. The molecular formula is C14H18ClNO3. The van der Waals surface area contributed by atoms with E-state index in [1.165, 1.54) is 7.11 Å². The molecule has 0 bridgehead atoms. The lowest BCUT2D eigenvalue weighted by atomic mass is 10.1. The van der Waals surface area contributed by atoms with Crippen LogP contribution in [0.3, 0.4) is 0 Å². The predicted molar refractivity (Wildman–Crippen MR) is 75.3 cm³/mol. The zero-order valence-corrected chi connectivity index (χ0v) is 12.2. The number of anilines is 1. The van der Waals surface area contributed by atoms with Crippen LogP contribution in [0.1, 0.15) is 24.2 Å². The highest BCUT2D eigenvalue weighted by atomic mass is 35.5. The predicted octanol–water partition coefficient (Wildman–Crippen LogP) is 2.98. The topological polar surface area (TPSA) is 38.8 Å². The van der Waals surface area contributed by atoms with Gasteiger partial charge >= 0.3 is 5.97 Å². The van der Waals surface area contributed by atoms with E-state index in [-0.39, 0.29) is 0 Å². The van der Waals surface area contributed by atoms with E-state index in [1.807, 2.05) is 6.07 Å². The molecule has 0 N–H and O–H groups in total. The molecule has 5 heteroatoms.